The first-order valence-corrected chi connectivity index (χ1v) is 20.6. The zero-order chi connectivity index (χ0) is 40.3. The summed E-state index contributed by atoms with van der Waals surface area (Å²) in [5.41, 5.74) is 15.2. The Balaban J connectivity index is 1.08. The lowest BCUT2D eigenvalue weighted by atomic mass is 9.99. The summed E-state index contributed by atoms with van der Waals surface area (Å²) in [6, 6.07) is 69.3. The summed E-state index contributed by atoms with van der Waals surface area (Å²) < 4.78 is 13.8. The van der Waals surface area contributed by atoms with Crippen molar-refractivity contribution in [3.63, 3.8) is 0 Å². The number of hydrogen-bond donors (Lipinski definition) is 0. The molecule has 0 unspecified atom stereocenters. The van der Waals surface area contributed by atoms with Gasteiger partial charge < -0.3 is 18.1 Å². The minimum Gasteiger partial charge on any atom is -0.454 e. The fourth-order valence-corrected chi connectivity index (χ4v) is 10.2. The van der Waals surface area contributed by atoms with E-state index in [4.69, 9.17) is 4.42 Å². The molecule has 0 amide bonds. The number of rotatable bonds is 4. The SMILES string of the molecule is Cc1cc(-c2cc(C#N)cc(-n3c4ccccc4c4ccc5c6ccccc6oc5c43)c2)cc(-n2c3ccccc3c3ccc4c(c5ccccc5n4-c4ccccc4)c32)c1. The Morgan fingerprint density at radius 2 is 0.967 bits per heavy atom. The predicted octanol–water partition coefficient (Wildman–Crippen LogP) is 14.7. The number of furan rings is 1. The van der Waals surface area contributed by atoms with E-state index in [1.54, 1.807) is 0 Å². The van der Waals surface area contributed by atoms with Crippen molar-refractivity contribution in [1.29, 1.82) is 5.26 Å². The molecule has 0 atom stereocenters. The summed E-state index contributed by atoms with van der Waals surface area (Å²) in [4.78, 5) is 0. The molecule has 0 aliphatic carbocycles. The Morgan fingerprint density at radius 3 is 1.70 bits per heavy atom. The number of nitrogens with zero attached hydrogens (tertiary/aromatic N) is 4. The summed E-state index contributed by atoms with van der Waals surface area (Å²) >= 11 is 0. The Hall–Kier alpha value is -8.33. The van der Waals surface area contributed by atoms with Gasteiger partial charge in [-0.15, -0.1) is 0 Å². The average Bonchev–Trinajstić information content (AvgIpc) is 4.05. The molecule has 0 radical (unpaired) electrons. The summed E-state index contributed by atoms with van der Waals surface area (Å²) in [6.07, 6.45) is 0. The Kier molecular flexibility index (Phi) is 6.94. The molecule has 13 rings (SSSR count). The van der Waals surface area contributed by atoms with Crippen molar-refractivity contribution in [3.05, 3.63) is 199 Å². The van der Waals surface area contributed by atoms with Gasteiger partial charge in [-0.2, -0.15) is 5.26 Å². The van der Waals surface area contributed by atoms with Crippen molar-refractivity contribution < 1.29 is 4.42 Å². The topological polar surface area (TPSA) is 51.7 Å². The third-order valence-electron chi connectivity index (χ3n) is 12.6. The standard InChI is InChI=1S/C56H34N4O/c1-34-27-36(37-29-35(33-57)30-40(32-37)60-49-20-10-6-16-42(49)45-23-24-46-43-17-8-12-22-52(43)61-56(46)55(45)60)31-39(28-34)59-48-19-9-5-15-41(48)44-25-26-51-53(54(44)59)47-18-7-11-21-50(47)58(51)38-13-3-2-4-14-38/h2-32H,1H3. The lowest BCUT2D eigenvalue weighted by Crippen LogP contribution is -1.98. The van der Waals surface area contributed by atoms with Crippen molar-refractivity contribution in [3.8, 4) is 34.3 Å². The zero-order valence-electron chi connectivity index (χ0n) is 33.1. The first-order chi connectivity index (χ1) is 30.1. The maximum absolute atomic E-state index is 10.6. The molecule has 0 saturated carbocycles. The van der Waals surface area contributed by atoms with Gasteiger partial charge in [0.15, 0.2) is 5.58 Å². The van der Waals surface area contributed by atoms with E-state index < -0.39 is 0 Å². The molecule has 0 aliphatic rings. The number of hydrogen-bond acceptors (Lipinski definition) is 2. The quantitative estimate of drug-likeness (QED) is 0.179. The molecule has 0 saturated heterocycles. The van der Waals surface area contributed by atoms with Gasteiger partial charge in [0, 0.05) is 60.2 Å². The van der Waals surface area contributed by atoms with E-state index in [1.165, 1.54) is 32.6 Å². The predicted molar refractivity (Wildman–Crippen MR) is 252 cm³/mol. The molecule has 61 heavy (non-hydrogen) atoms. The number of benzene rings is 9. The fourth-order valence-electron chi connectivity index (χ4n) is 10.2. The maximum atomic E-state index is 10.6. The van der Waals surface area contributed by atoms with Gasteiger partial charge in [-0.05, 0) is 102 Å². The molecular weight excluding hydrogens is 745 g/mol. The van der Waals surface area contributed by atoms with E-state index in [9.17, 15) is 5.26 Å². The second-order valence-corrected chi connectivity index (χ2v) is 16.1. The van der Waals surface area contributed by atoms with Crippen molar-refractivity contribution in [2.75, 3.05) is 0 Å². The lowest BCUT2D eigenvalue weighted by molar-refractivity contribution is 0.671. The number of aromatic nitrogens is 3. The van der Waals surface area contributed by atoms with E-state index in [0.29, 0.717) is 5.56 Å². The zero-order valence-corrected chi connectivity index (χ0v) is 33.1. The van der Waals surface area contributed by atoms with Crippen LogP contribution in [-0.2, 0) is 0 Å². The molecule has 0 bridgehead atoms. The van der Waals surface area contributed by atoms with Crippen LogP contribution in [0.2, 0.25) is 0 Å². The fraction of sp³-hybridized carbons (Fsp3) is 0.0179. The first kappa shape index (κ1) is 33.6. The van der Waals surface area contributed by atoms with Crippen LogP contribution < -0.4 is 0 Å². The number of fused-ring (bicyclic) bond motifs is 14. The van der Waals surface area contributed by atoms with Crippen molar-refractivity contribution in [1.82, 2.24) is 13.7 Å². The van der Waals surface area contributed by atoms with Crippen LogP contribution in [0, 0.1) is 18.3 Å². The molecular formula is C56H34N4O. The summed E-state index contributed by atoms with van der Waals surface area (Å²) in [5.74, 6) is 0. The van der Waals surface area contributed by atoms with Crippen LogP contribution in [0.4, 0.5) is 0 Å². The molecule has 0 fully saturated rings. The van der Waals surface area contributed by atoms with E-state index in [1.807, 2.05) is 24.3 Å². The molecule has 4 aromatic heterocycles. The third kappa shape index (κ3) is 4.76. The van der Waals surface area contributed by atoms with Crippen LogP contribution in [0.25, 0.3) is 116 Å². The average molecular weight is 779 g/mol. The van der Waals surface area contributed by atoms with Gasteiger partial charge >= 0.3 is 0 Å². The van der Waals surface area contributed by atoms with Gasteiger partial charge in [0.05, 0.1) is 44.7 Å². The molecule has 0 N–H and O–H groups in total. The minimum atomic E-state index is 0.588. The molecule has 4 heterocycles. The Bertz CT molecular complexity index is 4020. The van der Waals surface area contributed by atoms with Gasteiger partial charge in [-0.3, -0.25) is 0 Å². The van der Waals surface area contributed by atoms with Gasteiger partial charge in [0.25, 0.3) is 0 Å². The Morgan fingerprint density at radius 1 is 0.410 bits per heavy atom. The number of para-hydroxylation sites is 5. The van der Waals surface area contributed by atoms with Crippen LogP contribution in [0.3, 0.4) is 0 Å². The highest BCUT2D eigenvalue weighted by molar-refractivity contribution is 6.26. The molecule has 284 valence electrons. The van der Waals surface area contributed by atoms with Crippen molar-refractivity contribution in [2.24, 2.45) is 0 Å². The molecule has 9 aromatic carbocycles. The summed E-state index contributed by atoms with van der Waals surface area (Å²) in [7, 11) is 0. The van der Waals surface area contributed by atoms with Gasteiger partial charge in [0.1, 0.15) is 5.58 Å². The number of aryl methyl sites for hydroxylation is 1. The van der Waals surface area contributed by atoms with Crippen LogP contribution in [0.15, 0.2) is 192 Å². The van der Waals surface area contributed by atoms with Crippen LogP contribution >= 0.6 is 0 Å². The molecule has 5 heteroatoms. The van der Waals surface area contributed by atoms with Crippen LogP contribution in [-0.4, -0.2) is 13.7 Å². The number of nitriles is 1. The van der Waals surface area contributed by atoms with Crippen LogP contribution in [0.5, 0.6) is 0 Å². The summed E-state index contributed by atoms with van der Waals surface area (Å²) in [5, 5.41) is 19.8. The van der Waals surface area contributed by atoms with E-state index in [0.717, 1.165) is 88.5 Å². The van der Waals surface area contributed by atoms with E-state index >= 15 is 0 Å². The monoisotopic (exact) mass is 778 g/mol. The lowest BCUT2D eigenvalue weighted by Gasteiger charge is -2.15. The second-order valence-electron chi connectivity index (χ2n) is 16.1. The van der Waals surface area contributed by atoms with Gasteiger partial charge in [-0.25, -0.2) is 0 Å². The first-order valence-electron chi connectivity index (χ1n) is 20.6. The Labute approximate surface area is 349 Å². The van der Waals surface area contributed by atoms with Gasteiger partial charge in [0.2, 0.25) is 0 Å². The maximum Gasteiger partial charge on any atom is 0.160 e. The summed E-state index contributed by atoms with van der Waals surface area (Å²) in [6.45, 7) is 2.16. The largest absolute Gasteiger partial charge is 0.454 e. The molecule has 13 aromatic rings. The highest BCUT2D eigenvalue weighted by Gasteiger charge is 2.23. The van der Waals surface area contributed by atoms with Crippen molar-refractivity contribution >= 4 is 87.4 Å². The van der Waals surface area contributed by atoms with Gasteiger partial charge in [-0.1, -0.05) is 109 Å². The highest BCUT2D eigenvalue weighted by atomic mass is 16.3. The molecule has 5 nitrogen and oxygen atoms in total. The van der Waals surface area contributed by atoms with Crippen LogP contribution in [0.1, 0.15) is 11.1 Å². The second kappa shape index (κ2) is 12.6. The molecule has 0 aliphatic heterocycles. The normalized spacial score (nSPS) is 12.0. The minimum absolute atomic E-state index is 0.588. The highest BCUT2D eigenvalue weighted by Crippen LogP contribution is 2.44. The smallest absolute Gasteiger partial charge is 0.160 e. The third-order valence-corrected chi connectivity index (χ3v) is 12.6. The molecule has 0 spiro atoms. The van der Waals surface area contributed by atoms with E-state index in [2.05, 4.69) is 190 Å². The van der Waals surface area contributed by atoms with E-state index in [-0.39, 0.29) is 0 Å². The van der Waals surface area contributed by atoms with Crippen molar-refractivity contribution in [2.45, 2.75) is 6.92 Å².